The fourth-order valence-corrected chi connectivity index (χ4v) is 6.47. The van der Waals surface area contributed by atoms with Crippen molar-refractivity contribution >= 4 is 25.7 Å². The maximum Gasteiger partial charge on any atom is 0.279 e. The Morgan fingerprint density at radius 1 is 0.750 bits per heavy atom. The molecule has 0 aliphatic carbocycles. The van der Waals surface area contributed by atoms with Crippen LogP contribution < -0.4 is 3.71 Å². The minimum atomic E-state index is -4.20. The zero-order valence-electron chi connectivity index (χ0n) is 9.89. The van der Waals surface area contributed by atoms with Gasteiger partial charge in [0.1, 0.15) is 15.6 Å². The van der Waals surface area contributed by atoms with Gasteiger partial charge in [0, 0.05) is 0 Å². The van der Waals surface area contributed by atoms with Crippen LogP contribution in [-0.4, -0.2) is 16.8 Å². The van der Waals surface area contributed by atoms with Crippen LogP contribution in [0.25, 0.3) is 0 Å². The molecule has 0 atom stereocenters. The molecule has 0 saturated carbocycles. The summed E-state index contributed by atoms with van der Waals surface area (Å²) in [5.41, 5.74) is -0.123. The lowest BCUT2D eigenvalue weighted by molar-refractivity contribution is 0.593. The predicted octanol–water partition coefficient (Wildman–Crippen LogP) is 1.72. The molecule has 104 valence electrons. The maximum atomic E-state index is 12.9. The lowest BCUT2D eigenvalue weighted by atomic mass is 10.3. The van der Waals surface area contributed by atoms with E-state index in [0.717, 1.165) is 24.3 Å². The Kier molecular flexibility index (Phi) is 2.63. The average molecular weight is 313 g/mol. The quantitative estimate of drug-likeness (QED) is 0.804. The lowest BCUT2D eigenvalue weighted by Gasteiger charge is -2.15. The Morgan fingerprint density at radius 3 is 1.65 bits per heavy atom. The summed E-state index contributed by atoms with van der Waals surface area (Å²) in [7, 11) is -8.39. The standard InChI is InChI=1S/C12H8FNO4S2/c13-9-5-7-10(8-6-9)14-19(15,16)11-3-1-2-4-12(11)20(14,17)18/h1-8H. The molecule has 0 bridgehead atoms. The molecule has 0 N–H and O–H groups in total. The van der Waals surface area contributed by atoms with Gasteiger partial charge in [-0.2, -0.15) is 20.5 Å². The third-order valence-electron chi connectivity index (χ3n) is 2.88. The van der Waals surface area contributed by atoms with Crippen molar-refractivity contribution in [3.63, 3.8) is 0 Å². The van der Waals surface area contributed by atoms with E-state index in [1.807, 2.05) is 0 Å². The molecule has 1 aliphatic rings. The molecule has 0 unspecified atom stereocenters. The molecule has 1 aliphatic heterocycles. The normalized spacial score (nSPS) is 18.8. The number of benzene rings is 2. The van der Waals surface area contributed by atoms with E-state index in [9.17, 15) is 21.2 Å². The molecule has 5 nitrogen and oxygen atoms in total. The second-order valence-electron chi connectivity index (χ2n) is 4.13. The van der Waals surface area contributed by atoms with E-state index in [-0.39, 0.29) is 15.5 Å². The second-order valence-corrected chi connectivity index (χ2v) is 7.87. The van der Waals surface area contributed by atoms with Gasteiger partial charge in [-0.15, -0.1) is 0 Å². The summed E-state index contributed by atoms with van der Waals surface area (Å²) in [6.07, 6.45) is 0. The molecule has 0 radical (unpaired) electrons. The number of fused-ring (bicyclic) bond motifs is 1. The summed E-state index contributed by atoms with van der Waals surface area (Å²) in [5.74, 6) is -0.583. The van der Waals surface area contributed by atoms with Gasteiger partial charge in [0.2, 0.25) is 0 Å². The van der Waals surface area contributed by atoms with Crippen molar-refractivity contribution in [2.24, 2.45) is 0 Å². The molecule has 0 spiro atoms. The maximum absolute atomic E-state index is 12.9. The van der Waals surface area contributed by atoms with Gasteiger partial charge in [-0.25, -0.2) is 4.39 Å². The highest BCUT2D eigenvalue weighted by atomic mass is 32.3. The van der Waals surface area contributed by atoms with Crippen molar-refractivity contribution in [1.82, 2.24) is 0 Å². The van der Waals surface area contributed by atoms with Crippen LogP contribution in [0, 0.1) is 5.82 Å². The number of rotatable bonds is 1. The predicted molar refractivity (Wildman–Crippen MR) is 69.7 cm³/mol. The first-order valence-electron chi connectivity index (χ1n) is 5.50. The van der Waals surface area contributed by atoms with E-state index < -0.39 is 25.9 Å². The summed E-state index contributed by atoms with van der Waals surface area (Å²) >= 11 is 0. The molecule has 0 aromatic heterocycles. The zero-order valence-corrected chi connectivity index (χ0v) is 11.5. The molecule has 2 aromatic rings. The van der Waals surface area contributed by atoms with Gasteiger partial charge < -0.3 is 0 Å². The minimum absolute atomic E-state index is 0.123. The molecule has 20 heavy (non-hydrogen) atoms. The smallest absolute Gasteiger partial charge is 0.207 e. The van der Waals surface area contributed by atoms with Crippen LogP contribution in [0.15, 0.2) is 58.3 Å². The van der Waals surface area contributed by atoms with Crippen molar-refractivity contribution in [3.05, 3.63) is 54.3 Å². The van der Waals surface area contributed by atoms with Crippen LogP contribution in [-0.2, 0) is 20.0 Å². The summed E-state index contributed by atoms with van der Waals surface area (Å²) in [5, 5.41) is 0. The van der Waals surface area contributed by atoms with Crippen LogP contribution >= 0.6 is 0 Å². The summed E-state index contributed by atoms with van der Waals surface area (Å²) in [6.45, 7) is 0. The highest BCUT2D eigenvalue weighted by Crippen LogP contribution is 2.39. The minimum Gasteiger partial charge on any atom is -0.207 e. The van der Waals surface area contributed by atoms with E-state index in [1.54, 1.807) is 0 Å². The van der Waals surface area contributed by atoms with Crippen molar-refractivity contribution in [1.29, 1.82) is 0 Å². The fourth-order valence-electron chi connectivity index (χ4n) is 2.02. The number of hydrogen-bond donors (Lipinski definition) is 0. The average Bonchev–Trinajstić information content (AvgIpc) is 2.56. The van der Waals surface area contributed by atoms with Crippen LogP contribution in [0.3, 0.4) is 0 Å². The van der Waals surface area contributed by atoms with Gasteiger partial charge >= 0.3 is 0 Å². The van der Waals surface area contributed by atoms with Crippen molar-refractivity contribution in [3.8, 4) is 0 Å². The lowest BCUT2D eigenvalue weighted by Crippen LogP contribution is -2.29. The number of sulfonamides is 2. The molecule has 8 heteroatoms. The number of hydrogen-bond acceptors (Lipinski definition) is 4. The highest BCUT2D eigenvalue weighted by Gasteiger charge is 2.47. The molecular weight excluding hydrogens is 305 g/mol. The van der Waals surface area contributed by atoms with E-state index in [1.165, 1.54) is 24.3 Å². The van der Waals surface area contributed by atoms with Crippen LogP contribution in [0.1, 0.15) is 0 Å². The Bertz CT molecular complexity index is 836. The molecule has 3 rings (SSSR count). The second kappa shape index (κ2) is 4.03. The Balaban J connectivity index is 2.32. The first-order chi connectivity index (χ1) is 9.35. The van der Waals surface area contributed by atoms with Gasteiger partial charge in [0.25, 0.3) is 20.0 Å². The number of halogens is 1. The Hall–Kier alpha value is -1.93. The van der Waals surface area contributed by atoms with Crippen LogP contribution in [0.4, 0.5) is 10.1 Å². The van der Waals surface area contributed by atoms with Gasteiger partial charge in [0.05, 0.1) is 5.69 Å². The van der Waals surface area contributed by atoms with Crippen molar-refractivity contribution in [2.45, 2.75) is 9.79 Å². The summed E-state index contributed by atoms with van der Waals surface area (Å²) in [6, 6.07) is 9.57. The molecular formula is C12H8FNO4S2. The number of nitrogens with zero attached hydrogens (tertiary/aromatic N) is 1. The Morgan fingerprint density at radius 2 is 1.20 bits per heavy atom. The van der Waals surface area contributed by atoms with Gasteiger partial charge in [-0.05, 0) is 36.4 Å². The van der Waals surface area contributed by atoms with E-state index in [2.05, 4.69) is 0 Å². The van der Waals surface area contributed by atoms with Crippen molar-refractivity contribution < 1.29 is 21.2 Å². The van der Waals surface area contributed by atoms with E-state index >= 15 is 0 Å². The van der Waals surface area contributed by atoms with Gasteiger partial charge in [-0.3, -0.25) is 0 Å². The number of anilines is 1. The third-order valence-corrected chi connectivity index (χ3v) is 7.30. The summed E-state index contributed by atoms with van der Waals surface area (Å²) in [4.78, 5) is -0.548. The largest absolute Gasteiger partial charge is 0.279 e. The fraction of sp³-hybridized carbons (Fsp3) is 0. The Labute approximate surface area is 115 Å². The third kappa shape index (κ3) is 1.65. The first kappa shape index (κ1) is 13.1. The molecule has 1 heterocycles. The first-order valence-corrected chi connectivity index (χ1v) is 8.38. The van der Waals surface area contributed by atoms with E-state index in [4.69, 9.17) is 0 Å². The van der Waals surface area contributed by atoms with Crippen LogP contribution in [0.5, 0.6) is 0 Å². The molecule has 0 saturated heterocycles. The van der Waals surface area contributed by atoms with Crippen molar-refractivity contribution in [2.75, 3.05) is 3.71 Å². The monoisotopic (exact) mass is 313 g/mol. The van der Waals surface area contributed by atoms with Gasteiger partial charge in [0.15, 0.2) is 0 Å². The summed E-state index contributed by atoms with van der Waals surface area (Å²) < 4.78 is 62.6. The topological polar surface area (TPSA) is 71.5 Å². The zero-order chi connectivity index (χ0) is 14.5. The van der Waals surface area contributed by atoms with E-state index in [0.29, 0.717) is 3.71 Å². The molecule has 0 fully saturated rings. The van der Waals surface area contributed by atoms with Gasteiger partial charge in [-0.1, -0.05) is 12.1 Å². The SMILES string of the molecule is O=S1(=O)c2ccccc2S(=O)(=O)N1c1ccc(F)cc1. The van der Waals surface area contributed by atoms with Crippen LogP contribution in [0.2, 0.25) is 0 Å². The highest BCUT2D eigenvalue weighted by molar-refractivity contribution is 8.12. The molecule has 2 aromatic carbocycles. The molecule has 0 amide bonds.